The van der Waals surface area contributed by atoms with Gasteiger partial charge in [0, 0.05) is 45.4 Å². The van der Waals surface area contributed by atoms with Gasteiger partial charge in [-0.05, 0) is 105 Å². The van der Waals surface area contributed by atoms with Crippen molar-refractivity contribution in [1.82, 2.24) is 34.9 Å². The SMILES string of the molecule is Cn1c(=O)n([C@H]2CCC(=O)NC2=O)c2ccc(CC3CCC(CC(=O)N4CC[C@H]5CC[C@@H](C(=O)N[C@@H](CCC(N)=O)C(=O)NC(c6ccccc6)c6ccccc6)N5C(=O)[C@@H](N)C4)CC3)cc21. The van der Waals surface area contributed by atoms with Gasteiger partial charge in [-0.2, -0.15) is 0 Å². The summed E-state index contributed by atoms with van der Waals surface area (Å²) in [6.07, 6.45) is 6.47. The predicted octanol–water partition coefficient (Wildman–Crippen LogP) is 2.63. The molecule has 8 rings (SSSR count). The zero-order chi connectivity index (χ0) is 47.4. The molecular weight excluding hydrogens is 855 g/mol. The molecule has 1 aromatic heterocycles. The third-order valence-electron chi connectivity index (χ3n) is 14.4. The lowest BCUT2D eigenvalue weighted by Crippen LogP contribution is -2.60. The molecular formula is C50H61N9O8. The third kappa shape index (κ3) is 10.5. The van der Waals surface area contributed by atoms with Crippen LogP contribution in [0.25, 0.3) is 11.0 Å². The van der Waals surface area contributed by atoms with Crippen molar-refractivity contribution in [2.75, 3.05) is 13.1 Å². The molecule has 4 heterocycles. The fourth-order valence-electron chi connectivity index (χ4n) is 10.7. The maximum atomic E-state index is 14.1. The lowest BCUT2D eigenvalue weighted by atomic mass is 9.78. The summed E-state index contributed by atoms with van der Waals surface area (Å²) in [6, 6.07) is 20.1. The minimum absolute atomic E-state index is 0.0319. The van der Waals surface area contributed by atoms with Crippen LogP contribution in [0.15, 0.2) is 83.7 Å². The number of nitrogens with zero attached hydrogens (tertiary/aromatic N) is 4. The van der Waals surface area contributed by atoms with Gasteiger partial charge < -0.3 is 31.9 Å². The zero-order valence-corrected chi connectivity index (χ0v) is 37.9. The number of fused-ring (bicyclic) bond motifs is 2. The van der Waals surface area contributed by atoms with Crippen molar-refractivity contribution in [2.45, 2.75) is 120 Å². The zero-order valence-electron chi connectivity index (χ0n) is 37.9. The molecule has 4 aromatic rings. The molecule has 1 saturated carbocycles. The number of nitrogens with two attached hydrogens (primary N) is 2. The second kappa shape index (κ2) is 20.5. The van der Waals surface area contributed by atoms with Crippen molar-refractivity contribution < 1.29 is 33.6 Å². The van der Waals surface area contributed by atoms with Gasteiger partial charge in [-0.1, -0.05) is 66.7 Å². The minimum atomic E-state index is -1.11. The van der Waals surface area contributed by atoms with Gasteiger partial charge in [-0.25, -0.2) is 4.79 Å². The number of benzene rings is 3. The van der Waals surface area contributed by atoms with Crippen LogP contribution >= 0.6 is 0 Å². The van der Waals surface area contributed by atoms with Crippen molar-refractivity contribution in [3.8, 4) is 0 Å². The number of imidazole rings is 1. The van der Waals surface area contributed by atoms with Crippen molar-refractivity contribution in [2.24, 2.45) is 30.4 Å². The number of carbonyl (C=O) groups excluding carboxylic acids is 7. The Balaban J connectivity index is 0.847. The third-order valence-corrected chi connectivity index (χ3v) is 14.4. The predicted molar refractivity (Wildman–Crippen MR) is 248 cm³/mol. The van der Waals surface area contributed by atoms with Crippen LogP contribution in [-0.2, 0) is 47.0 Å². The fraction of sp³-hybridized carbons (Fsp3) is 0.480. The monoisotopic (exact) mass is 915 g/mol. The molecule has 17 nitrogen and oxygen atoms in total. The number of nitrogens with one attached hydrogen (secondary N) is 3. The van der Waals surface area contributed by atoms with Crippen LogP contribution in [0.5, 0.6) is 0 Å². The molecule has 3 saturated heterocycles. The van der Waals surface area contributed by atoms with Crippen LogP contribution in [0, 0.1) is 11.8 Å². The summed E-state index contributed by atoms with van der Waals surface area (Å²) in [5.41, 5.74) is 15.9. The van der Waals surface area contributed by atoms with Crippen LogP contribution in [0.3, 0.4) is 0 Å². The average molecular weight is 916 g/mol. The first-order chi connectivity index (χ1) is 32.2. The van der Waals surface area contributed by atoms with E-state index in [1.54, 1.807) is 21.4 Å². The van der Waals surface area contributed by atoms with Gasteiger partial charge in [0.05, 0.1) is 17.1 Å². The molecule has 0 spiro atoms. The van der Waals surface area contributed by atoms with Gasteiger partial charge in [-0.3, -0.25) is 48.0 Å². The summed E-state index contributed by atoms with van der Waals surface area (Å²) < 4.78 is 3.04. The molecule has 7 N–H and O–H groups in total. The molecule has 0 bridgehead atoms. The van der Waals surface area contributed by atoms with Gasteiger partial charge in [0.15, 0.2) is 0 Å². The van der Waals surface area contributed by atoms with E-state index in [1.165, 1.54) is 4.57 Å². The number of imide groups is 1. The molecule has 3 aliphatic heterocycles. The van der Waals surface area contributed by atoms with Gasteiger partial charge in [0.2, 0.25) is 41.4 Å². The van der Waals surface area contributed by atoms with Crippen molar-refractivity contribution in [3.63, 3.8) is 0 Å². The number of piperidine rings is 1. The summed E-state index contributed by atoms with van der Waals surface area (Å²) in [5, 5.41) is 8.27. The Morgan fingerprint density at radius 2 is 1.46 bits per heavy atom. The van der Waals surface area contributed by atoms with E-state index in [4.69, 9.17) is 11.5 Å². The van der Waals surface area contributed by atoms with Gasteiger partial charge >= 0.3 is 5.69 Å². The average Bonchev–Trinajstić information content (AvgIpc) is 3.85. The maximum absolute atomic E-state index is 14.1. The van der Waals surface area contributed by atoms with E-state index in [-0.39, 0.29) is 61.7 Å². The quantitative estimate of drug-likeness (QED) is 0.117. The standard InChI is InChI=1S/C50H61N9O8/c1-56-41-27-32(16-19-38(41)59(50(56)67)40-21-23-43(61)54-48(40)65)26-30-12-14-31(15-13-30)28-44(62)57-25-24-35-17-20-39(58(35)49(66)36(51)29-57)47(64)53-37(18-22-42(52)60)46(63)55-45(33-8-4-2-5-9-33)34-10-6-3-7-11-34/h2-11,16,19,27,30-31,35-37,39-40,45H,12-15,17-18,20-26,28-29,51H2,1H3,(H2,52,60)(H,53,64)(H,55,63)(H,54,61,65)/t30?,31?,35-,36+,37+,39+,40+/m1/s1. The maximum Gasteiger partial charge on any atom is 0.329 e. The van der Waals surface area contributed by atoms with Gasteiger partial charge in [0.25, 0.3) is 0 Å². The number of amides is 7. The molecule has 0 unspecified atom stereocenters. The van der Waals surface area contributed by atoms with E-state index < -0.39 is 59.7 Å². The Bertz CT molecular complexity index is 2530. The topological polar surface area (TPSA) is 241 Å². The first-order valence-electron chi connectivity index (χ1n) is 23.6. The smallest absolute Gasteiger partial charge is 0.329 e. The molecule has 4 fully saturated rings. The Labute approximate surface area is 389 Å². The van der Waals surface area contributed by atoms with E-state index in [0.717, 1.165) is 54.3 Å². The molecule has 0 radical (unpaired) electrons. The van der Waals surface area contributed by atoms with E-state index in [0.29, 0.717) is 43.7 Å². The van der Waals surface area contributed by atoms with Crippen LogP contribution in [0.1, 0.15) is 106 Å². The highest BCUT2D eigenvalue weighted by atomic mass is 16.2. The Morgan fingerprint density at radius 3 is 2.12 bits per heavy atom. The Morgan fingerprint density at radius 1 is 0.791 bits per heavy atom. The molecule has 4 aliphatic rings. The molecule has 3 aromatic carbocycles. The summed E-state index contributed by atoms with van der Waals surface area (Å²) in [6.45, 7) is 0.426. The summed E-state index contributed by atoms with van der Waals surface area (Å²) in [5.74, 6) is -2.27. The number of primary amides is 1. The minimum Gasteiger partial charge on any atom is -0.370 e. The van der Waals surface area contributed by atoms with Crippen molar-refractivity contribution in [1.29, 1.82) is 0 Å². The second-order valence-electron chi connectivity index (χ2n) is 18.9. The Hall–Kier alpha value is -6.62. The number of hydrogen-bond acceptors (Lipinski definition) is 9. The number of hydrogen-bond donors (Lipinski definition) is 5. The van der Waals surface area contributed by atoms with Crippen molar-refractivity contribution >= 4 is 52.4 Å². The summed E-state index contributed by atoms with van der Waals surface area (Å²) in [7, 11) is 1.69. The lowest BCUT2D eigenvalue weighted by molar-refractivity contribution is -0.145. The summed E-state index contributed by atoms with van der Waals surface area (Å²) in [4.78, 5) is 109. The van der Waals surface area contributed by atoms with Crippen molar-refractivity contribution in [3.05, 3.63) is 106 Å². The second-order valence-corrected chi connectivity index (χ2v) is 18.9. The molecule has 5 atom stereocenters. The summed E-state index contributed by atoms with van der Waals surface area (Å²) >= 11 is 0. The lowest BCUT2D eigenvalue weighted by Gasteiger charge is -2.38. The van der Waals surface area contributed by atoms with Crippen LogP contribution in [0.4, 0.5) is 0 Å². The number of rotatable bonds is 14. The Kier molecular flexibility index (Phi) is 14.3. The largest absolute Gasteiger partial charge is 0.370 e. The van der Waals surface area contributed by atoms with Crippen LogP contribution in [0.2, 0.25) is 0 Å². The van der Waals surface area contributed by atoms with Crippen LogP contribution in [-0.4, -0.2) is 97.5 Å². The number of aryl methyl sites for hydroxylation is 1. The van der Waals surface area contributed by atoms with Gasteiger partial charge in [-0.15, -0.1) is 0 Å². The highest BCUT2D eigenvalue weighted by molar-refractivity contribution is 6.00. The van der Waals surface area contributed by atoms with E-state index in [1.807, 2.05) is 78.9 Å². The van der Waals surface area contributed by atoms with E-state index in [9.17, 15) is 38.4 Å². The van der Waals surface area contributed by atoms with E-state index >= 15 is 0 Å². The normalized spacial score (nSPS) is 23.8. The highest BCUT2D eigenvalue weighted by Crippen LogP contribution is 2.35. The first-order valence-corrected chi connectivity index (χ1v) is 23.6. The molecule has 7 amide bonds. The molecule has 17 heteroatoms. The van der Waals surface area contributed by atoms with Gasteiger partial charge in [0.1, 0.15) is 24.2 Å². The van der Waals surface area contributed by atoms with E-state index in [2.05, 4.69) is 16.0 Å². The number of aromatic nitrogens is 2. The highest BCUT2D eigenvalue weighted by Gasteiger charge is 2.45. The van der Waals surface area contributed by atoms with Crippen LogP contribution < -0.4 is 33.1 Å². The number of carbonyl (C=O) groups is 7. The molecule has 354 valence electrons. The molecule has 67 heavy (non-hydrogen) atoms. The molecule has 1 aliphatic carbocycles. The first kappa shape index (κ1) is 46.9. The fourth-order valence-corrected chi connectivity index (χ4v) is 10.7.